The second kappa shape index (κ2) is 9.46. The van der Waals surface area contributed by atoms with Crippen LogP contribution in [0.25, 0.3) is 0 Å². The number of hydrogen-bond acceptors (Lipinski definition) is 6. The summed E-state index contributed by atoms with van der Waals surface area (Å²) in [5, 5.41) is 0. The van der Waals surface area contributed by atoms with Gasteiger partial charge in [-0.15, -0.1) is 0 Å². The molecule has 1 aliphatic heterocycles. The van der Waals surface area contributed by atoms with Crippen LogP contribution in [0.15, 0.2) is 34.1 Å². The van der Waals surface area contributed by atoms with Crippen LogP contribution in [0.4, 0.5) is 4.79 Å². The van der Waals surface area contributed by atoms with Gasteiger partial charge in [-0.3, -0.25) is 0 Å². The lowest BCUT2D eigenvalue weighted by Gasteiger charge is -2.37. The molecule has 0 saturated carbocycles. The summed E-state index contributed by atoms with van der Waals surface area (Å²) in [7, 11) is -7.37. The van der Waals surface area contributed by atoms with Gasteiger partial charge >= 0.3 is 6.09 Å². The fraction of sp³-hybridized carbons (Fsp3) is 0.667. The normalized spacial score (nSPS) is 18.7. The van der Waals surface area contributed by atoms with Crippen LogP contribution in [0.5, 0.6) is 0 Å². The Morgan fingerprint density at radius 3 is 2.35 bits per heavy atom. The van der Waals surface area contributed by atoms with Gasteiger partial charge in [0.25, 0.3) is 0 Å². The third-order valence-electron chi connectivity index (χ3n) is 5.06. The zero-order valence-electron chi connectivity index (χ0n) is 19.2. The molecule has 0 spiro atoms. The van der Waals surface area contributed by atoms with E-state index in [-0.39, 0.29) is 28.3 Å². The van der Waals surface area contributed by atoms with Gasteiger partial charge in [-0.1, -0.05) is 6.07 Å². The number of sulfonamides is 1. The van der Waals surface area contributed by atoms with E-state index in [9.17, 15) is 21.6 Å². The molecule has 10 heteroatoms. The summed E-state index contributed by atoms with van der Waals surface area (Å²) >= 11 is 0. The molecule has 0 aromatic heterocycles. The van der Waals surface area contributed by atoms with Gasteiger partial charge in [-0.05, 0) is 71.6 Å². The fourth-order valence-electron chi connectivity index (χ4n) is 3.50. The standard InChI is InChI=1S/C21H34N2O6S2/c1-16(2)23(20(24)29-21(3,4)5)15-17-9-8-12-22(14-17)31(27,28)19-11-7-10-18(13-19)30(6,25)26/h7,10-11,13,16-17H,8-9,12,14-15H2,1-6H3. The maximum absolute atomic E-state index is 13.2. The summed E-state index contributed by atoms with van der Waals surface area (Å²) in [5.41, 5.74) is -0.614. The largest absolute Gasteiger partial charge is 0.444 e. The molecule has 0 radical (unpaired) electrons. The number of amides is 1. The fourth-order valence-corrected chi connectivity index (χ4v) is 5.85. The van der Waals surface area contributed by atoms with Gasteiger partial charge in [-0.2, -0.15) is 4.31 Å². The van der Waals surface area contributed by atoms with Crippen molar-refractivity contribution in [2.45, 2.75) is 68.9 Å². The summed E-state index contributed by atoms with van der Waals surface area (Å²) in [6, 6.07) is 5.35. The lowest BCUT2D eigenvalue weighted by molar-refractivity contribution is 0.0137. The minimum atomic E-state index is -3.85. The molecule has 1 atom stereocenters. The first kappa shape index (κ1) is 25.6. The molecular weight excluding hydrogens is 440 g/mol. The highest BCUT2D eigenvalue weighted by molar-refractivity contribution is 7.91. The molecule has 2 rings (SSSR count). The van der Waals surface area contributed by atoms with Gasteiger partial charge in [-0.25, -0.2) is 21.6 Å². The first-order valence-corrected chi connectivity index (χ1v) is 13.7. The second-order valence-electron chi connectivity index (χ2n) is 9.34. The molecule has 31 heavy (non-hydrogen) atoms. The van der Waals surface area contributed by atoms with Gasteiger partial charge in [0.1, 0.15) is 5.60 Å². The van der Waals surface area contributed by atoms with Crippen LogP contribution in [0, 0.1) is 5.92 Å². The van der Waals surface area contributed by atoms with E-state index in [1.165, 1.54) is 28.6 Å². The zero-order chi connectivity index (χ0) is 23.6. The number of carbonyl (C=O) groups is 1. The number of piperidine rings is 1. The molecule has 1 heterocycles. The minimum absolute atomic E-state index is 0.0296. The number of carbonyl (C=O) groups excluding carboxylic acids is 1. The lowest BCUT2D eigenvalue weighted by Crippen LogP contribution is -2.48. The maximum Gasteiger partial charge on any atom is 0.410 e. The van der Waals surface area contributed by atoms with Crippen LogP contribution in [0.1, 0.15) is 47.5 Å². The molecule has 0 bridgehead atoms. The van der Waals surface area contributed by atoms with Gasteiger partial charge in [0.15, 0.2) is 9.84 Å². The van der Waals surface area contributed by atoms with Crippen molar-refractivity contribution >= 4 is 26.0 Å². The summed E-state index contributed by atoms with van der Waals surface area (Å²) in [6.45, 7) is 10.2. The van der Waals surface area contributed by atoms with E-state index in [4.69, 9.17) is 4.74 Å². The van der Waals surface area contributed by atoms with E-state index in [0.717, 1.165) is 12.7 Å². The van der Waals surface area contributed by atoms with Crippen LogP contribution < -0.4 is 0 Å². The lowest BCUT2D eigenvalue weighted by atomic mass is 9.98. The number of nitrogens with zero attached hydrogens (tertiary/aromatic N) is 2. The van der Waals surface area contributed by atoms with Crippen LogP contribution in [-0.2, 0) is 24.6 Å². The number of benzene rings is 1. The summed E-state index contributed by atoms with van der Waals surface area (Å²) < 4.78 is 56.9. The quantitative estimate of drug-likeness (QED) is 0.628. The molecule has 1 saturated heterocycles. The Hall–Kier alpha value is -1.65. The molecule has 1 aromatic rings. The highest BCUT2D eigenvalue weighted by atomic mass is 32.2. The van der Waals surface area contributed by atoms with Gasteiger partial charge in [0.05, 0.1) is 9.79 Å². The van der Waals surface area contributed by atoms with Crippen molar-refractivity contribution in [3.8, 4) is 0 Å². The highest BCUT2D eigenvalue weighted by Crippen LogP contribution is 2.26. The second-order valence-corrected chi connectivity index (χ2v) is 13.3. The van der Waals surface area contributed by atoms with E-state index in [1.54, 1.807) is 4.90 Å². The first-order valence-electron chi connectivity index (χ1n) is 10.4. The molecule has 0 aliphatic carbocycles. The third-order valence-corrected chi connectivity index (χ3v) is 8.03. The van der Waals surface area contributed by atoms with Crippen molar-refractivity contribution in [3.05, 3.63) is 24.3 Å². The van der Waals surface area contributed by atoms with E-state index < -0.39 is 31.6 Å². The number of hydrogen-bond donors (Lipinski definition) is 0. The van der Waals surface area contributed by atoms with Crippen molar-refractivity contribution in [1.82, 2.24) is 9.21 Å². The number of rotatable bonds is 6. The Kier molecular flexibility index (Phi) is 7.81. The number of ether oxygens (including phenoxy) is 1. The maximum atomic E-state index is 13.2. The molecular formula is C21H34N2O6S2. The SMILES string of the molecule is CC(C)N(CC1CCCN(S(=O)(=O)c2cccc(S(C)(=O)=O)c2)C1)C(=O)OC(C)(C)C. The van der Waals surface area contributed by atoms with Crippen molar-refractivity contribution in [2.24, 2.45) is 5.92 Å². The van der Waals surface area contributed by atoms with E-state index in [1.807, 2.05) is 34.6 Å². The molecule has 1 amide bonds. The van der Waals surface area contributed by atoms with Crippen molar-refractivity contribution in [1.29, 1.82) is 0 Å². The summed E-state index contributed by atoms with van der Waals surface area (Å²) in [4.78, 5) is 14.2. The molecule has 0 N–H and O–H groups in total. The van der Waals surface area contributed by atoms with Gasteiger partial charge in [0.2, 0.25) is 10.0 Å². The average Bonchev–Trinajstić information content (AvgIpc) is 2.64. The topological polar surface area (TPSA) is 101 Å². The van der Waals surface area contributed by atoms with Crippen LogP contribution >= 0.6 is 0 Å². The Balaban J connectivity index is 2.20. The van der Waals surface area contributed by atoms with Crippen LogP contribution in [0.2, 0.25) is 0 Å². The van der Waals surface area contributed by atoms with Crippen molar-refractivity contribution in [2.75, 3.05) is 25.9 Å². The van der Waals surface area contributed by atoms with Crippen molar-refractivity contribution < 1.29 is 26.4 Å². The minimum Gasteiger partial charge on any atom is -0.444 e. The van der Waals surface area contributed by atoms with Gasteiger partial charge < -0.3 is 9.64 Å². The average molecular weight is 475 g/mol. The van der Waals surface area contributed by atoms with Crippen molar-refractivity contribution in [3.63, 3.8) is 0 Å². The smallest absolute Gasteiger partial charge is 0.410 e. The van der Waals surface area contributed by atoms with Gasteiger partial charge in [0, 0.05) is 31.9 Å². The Morgan fingerprint density at radius 2 is 1.81 bits per heavy atom. The Morgan fingerprint density at radius 1 is 1.19 bits per heavy atom. The van der Waals surface area contributed by atoms with E-state index >= 15 is 0 Å². The first-order chi connectivity index (χ1) is 14.1. The zero-order valence-corrected chi connectivity index (χ0v) is 20.8. The Bertz CT molecular complexity index is 997. The molecule has 8 nitrogen and oxygen atoms in total. The summed E-state index contributed by atoms with van der Waals surface area (Å²) in [6.07, 6.45) is 2.09. The monoisotopic (exact) mass is 474 g/mol. The molecule has 1 unspecified atom stereocenters. The molecule has 176 valence electrons. The molecule has 1 fully saturated rings. The van der Waals surface area contributed by atoms with Crippen LogP contribution in [0.3, 0.4) is 0 Å². The highest BCUT2D eigenvalue weighted by Gasteiger charge is 2.33. The predicted molar refractivity (Wildman–Crippen MR) is 119 cm³/mol. The summed E-state index contributed by atoms with van der Waals surface area (Å²) in [5.74, 6) is -0.0449. The number of sulfone groups is 1. The van der Waals surface area contributed by atoms with E-state index in [2.05, 4.69) is 0 Å². The molecule has 1 aliphatic rings. The molecule has 1 aromatic carbocycles. The predicted octanol–water partition coefficient (Wildman–Crippen LogP) is 3.14. The van der Waals surface area contributed by atoms with Crippen LogP contribution in [-0.4, -0.2) is 69.7 Å². The Labute approximate surface area is 186 Å². The van der Waals surface area contributed by atoms with E-state index in [0.29, 0.717) is 19.5 Å². The third kappa shape index (κ3) is 6.92.